The average molecular weight is 276 g/mol. The number of halogens is 1. The third kappa shape index (κ3) is 2.67. The molecule has 20 heavy (non-hydrogen) atoms. The Balaban J connectivity index is 2.45. The van der Waals surface area contributed by atoms with Gasteiger partial charge in [-0.15, -0.1) is 0 Å². The van der Waals surface area contributed by atoms with Gasteiger partial charge in [0.2, 0.25) is 0 Å². The van der Waals surface area contributed by atoms with Crippen LogP contribution in [-0.2, 0) is 0 Å². The molecule has 0 unspecified atom stereocenters. The molecule has 0 fully saturated rings. The summed E-state index contributed by atoms with van der Waals surface area (Å²) in [7, 11) is 0. The molecule has 0 aliphatic carbocycles. The molecular weight excluding hydrogens is 263 g/mol. The first-order valence-electron chi connectivity index (χ1n) is 5.80. The molecule has 0 amide bonds. The fraction of sp³-hybridized carbons (Fsp3) is 0.0769. The van der Waals surface area contributed by atoms with Crippen LogP contribution in [0.2, 0.25) is 0 Å². The van der Waals surface area contributed by atoms with Crippen LogP contribution in [0.15, 0.2) is 36.4 Å². The van der Waals surface area contributed by atoms with Crippen molar-refractivity contribution >= 4 is 22.7 Å². The lowest BCUT2D eigenvalue weighted by atomic mass is 10.1. The molecule has 2 rings (SSSR count). The Kier molecular flexibility index (Phi) is 3.81. The first-order valence-corrected chi connectivity index (χ1v) is 5.80. The Bertz CT molecular complexity index is 661. The molecule has 0 atom stereocenters. The Morgan fingerprint density at radius 2 is 1.90 bits per heavy atom. The summed E-state index contributed by atoms with van der Waals surface area (Å²) in [5.74, 6) is 4.91. The van der Waals surface area contributed by atoms with Crippen LogP contribution < -0.4 is 16.6 Å². The highest BCUT2D eigenvalue weighted by Gasteiger charge is 2.19. The summed E-state index contributed by atoms with van der Waals surface area (Å²) in [5, 5.41) is 14.1. The van der Waals surface area contributed by atoms with Crippen LogP contribution in [0.4, 0.5) is 27.1 Å². The summed E-state index contributed by atoms with van der Waals surface area (Å²) >= 11 is 0. The molecule has 0 saturated heterocycles. The van der Waals surface area contributed by atoms with E-state index in [0.717, 1.165) is 0 Å². The van der Waals surface area contributed by atoms with Crippen molar-refractivity contribution in [3.05, 3.63) is 57.9 Å². The monoisotopic (exact) mass is 276 g/mol. The van der Waals surface area contributed by atoms with Crippen LogP contribution >= 0.6 is 0 Å². The molecule has 0 spiro atoms. The van der Waals surface area contributed by atoms with Crippen molar-refractivity contribution in [3.8, 4) is 0 Å². The van der Waals surface area contributed by atoms with Crippen molar-refractivity contribution in [2.24, 2.45) is 5.84 Å². The number of nitrogens with zero attached hydrogens (tertiary/aromatic N) is 1. The van der Waals surface area contributed by atoms with Crippen molar-refractivity contribution in [2.75, 3.05) is 10.7 Å². The van der Waals surface area contributed by atoms with E-state index in [4.69, 9.17) is 5.84 Å². The highest BCUT2D eigenvalue weighted by Crippen LogP contribution is 2.34. The number of hydrazine groups is 1. The molecule has 0 aliphatic heterocycles. The summed E-state index contributed by atoms with van der Waals surface area (Å²) in [6.45, 7) is 1.71. The molecule has 7 heteroatoms. The number of hydrogen-bond donors (Lipinski definition) is 3. The van der Waals surface area contributed by atoms with Gasteiger partial charge in [0.05, 0.1) is 4.92 Å². The number of aryl methyl sites for hydroxylation is 1. The largest absolute Gasteiger partial charge is 0.350 e. The van der Waals surface area contributed by atoms with Gasteiger partial charge in [-0.05, 0) is 42.8 Å². The molecule has 0 saturated carbocycles. The fourth-order valence-electron chi connectivity index (χ4n) is 1.87. The number of nitrogen functional groups attached to an aromatic ring is 1. The average Bonchev–Trinajstić information content (AvgIpc) is 2.41. The van der Waals surface area contributed by atoms with E-state index in [1.807, 2.05) is 0 Å². The highest BCUT2D eigenvalue weighted by atomic mass is 19.1. The van der Waals surface area contributed by atoms with Crippen LogP contribution in [0.5, 0.6) is 0 Å². The summed E-state index contributed by atoms with van der Waals surface area (Å²) in [6, 6.07) is 8.84. The van der Waals surface area contributed by atoms with Gasteiger partial charge in [0.25, 0.3) is 0 Å². The third-order valence-corrected chi connectivity index (χ3v) is 2.83. The van der Waals surface area contributed by atoms with E-state index in [0.29, 0.717) is 11.3 Å². The first kappa shape index (κ1) is 13.8. The molecular formula is C13H13FN4O2. The third-order valence-electron chi connectivity index (χ3n) is 2.83. The van der Waals surface area contributed by atoms with E-state index >= 15 is 0 Å². The quantitative estimate of drug-likeness (QED) is 0.453. The minimum atomic E-state index is -0.531. The SMILES string of the molecule is Cc1cc(F)ccc1Nc1cccc(NN)c1[N+](=O)[O-]. The Morgan fingerprint density at radius 3 is 2.50 bits per heavy atom. The zero-order valence-corrected chi connectivity index (χ0v) is 10.7. The van der Waals surface area contributed by atoms with Crippen LogP contribution in [-0.4, -0.2) is 4.92 Å². The standard InChI is InChI=1S/C13H13FN4O2/c1-8-7-9(14)5-6-10(8)16-11-3-2-4-12(17-15)13(11)18(19)20/h2-7,16-17H,15H2,1H3. The number of hydrogen-bond acceptors (Lipinski definition) is 5. The maximum atomic E-state index is 13.0. The molecule has 2 aromatic carbocycles. The van der Waals surface area contributed by atoms with Gasteiger partial charge in [0.1, 0.15) is 17.2 Å². The van der Waals surface area contributed by atoms with E-state index in [9.17, 15) is 14.5 Å². The minimum Gasteiger partial charge on any atom is -0.350 e. The first-order chi connectivity index (χ1) is 9.52. The number of nitrogens with one attached hydrogen (secondary N) is 2. The predicted molar refractivity (Wildman–Crippen MR) is 75.3 cm³/mol. The number of rotatable bonds is 4. The van der Waals surface area contributed by atoms with E-state index in [1.54, 1.807) is 19.1 Å². The van der Waals surface area contributed by atoms with Gasteiger partial charge in [-0.25, -0.2) is 4.39 Å². The maximum Gasteiger partial charge on any atom is 0.316 e. The Morgan fingerprint density at radius 1 is 1.20 bits per heavy atom. The van der Waals surface area contributed by atoms with Gasteiger partial charge in [-0.2, -0.15) is 0 Å². The summed E-state index contributed by atoms with van der Waals surface area (Å²) in [5.41, 5.74) is 3.82. The van der Waals surface area contributed by atoms with Crippen LogP contribution in [0.3, 0.4) is 0 Å². The van der Waals surface area contributed by atoms with Gasteiger partial charge in [-0.3, -0.25) is 16.0 Å². The van der Waals surface area contributed by atoms with Gasteiger partial charge in [-0.1, -0.05) is 6.07 Å². The van der Waals surface area contributed by atoms with E-state index in [-0.39, 0.29) is 22.9 Å². The Hall–Kier alpha value is -2.67. The van der Waals surface area contributed by atoms with Crippen molar-refractivity contribution in [1.82, 2.24) is 0 Å². The number of nitrogens with two attached hydrogens (primary N) is 1. The van der Waals surface area contributed by atoms with Crippen molar-refractivity contribution in [2.45, 2.75) is 6.92 Å². The van der Waals surface area contributed by atoms with E-state index in [1.165, 1.54) is 24.3 Å². The zero-order valence-electron chi connectivity index (χ0n) is 10.7. The topological polar surface area (TPSA) is 93.2 Å². The second-order valence-corrected chi connectivity index (χ2v) is 4.19. The number of nitro benzene ring substituents is 1. The highest BCUT2D eigenvalue weighted by molar-refractivity contribution is 5.80. The lowest BCUT2D eigenvalue weighted by molar-refractivity contribution is -0.383. The van der Waals surface area contributed by atoms with E-state index < -0.39 is 4.92 Å². The zero-order chi connectivity index (χ0) is 14.7. The molecule has 6 nitrogen and oxygen atoms in total. The van der Waals surface area contributed by atoms with E-state index in [2.05, 4.69) is 10.7 Å². The van der Waals surface area contributed by atoms with Crippen molar-refractivity contribution in [3.63, 3.8) is 0 Å². The molecule has 0 bridgehead atoms. The normalized spacial score (nSPS) is 10.2. The van der Waals surface area contributed by atoms with Crippen LogP contribution in [0.1, 0.15) is 5.56 Å². The lowest BCUT2D eigenvalue weighted by Crippen LogP contribution is -2.10. The number of anilines is 3. The molecule has 0 radical (unpaired) electrons. The summed E-state index contributed by atoms with van der Waals surface area (Å²) in [6.07, 6.45) is 0. The predicted octanol–water partition coefficient (Wildman–Crippen LogP) is 3.07. The van der Waals surface area contributed by atoms with Gasteiger partial charge >= 0.3 is 5.69 Å². The molecule has 0 aliphatic rings. The van der Waals surface area contributed by atoms with Crippen molar-refractivity contribution < 1.29 is 9.31 Å². The van der Waals surface area contributed by atoms with Gasteiger partial charge < -0.3 is 10.7 Å². The summed E-state index contributed by atoms with van der Waals surface area (Å²) in [4.78, 5) is 10.6. The van der Waals surface area contributed by atoms with Gasteiger partial charge in [0.15, 0.2) is 0 Å². The fourth-order valence-corrected chi connectivity index (χ4v) is 1.87. The van der Waals surface area contributed by atoms with Crippen LogP contribution in [0, 0.1) is 22.9 Å². The lowest BCUT2D eigenvalue weighted by Gasteiger charge is -2.11. The number of nitro groups is 1. The smallest absolute Gasteiger partial charge is 0.316 e. The van der Waals surface area contributed by atoms with Crippen molar-refractivity contribution in [1.29, 1.82) is 0 Å². The number of benzene rings is 2. The summed E-state index contributed by atoms with van der Waals surface area (Å²) < 4.78 is 13.0. The second kappa shape index (κ2) is 5.54. The number of para-hydroxylation sites is 1. The van der Waals surface area contributed by atoms with Crippen LogP contribution in [0.25, 0.3) is 0 Å². The molecule has 0 aromatic heterocycles. The molecule has 2 aromatic rings. The Labute approximate surface area is 114 Å². The minimum absolute atomic E-state index is 0.168. The molecule has 104 valence electrons. The molecule has 0 heterocycles. The maximum absolute atomic E-state index is 13.0. The van der Waals surface area contributed by atoms with Gasteiger partial charge in [0, 0.05) is 5.69 Å². The second-order valence-electron chi connectivity index (χ2n) is 4.19. The molecule has 4 N–H and O–H groups in total.